The topological polar surface area (TPSA) is 39.2 Å². The fourth-order valence-electron chi connectivity index (χ4n) is 2.48. The smallest absolute Gasteiger partial charge is 0.311 e. The molecule has 0 amide bonds. The van der Waals surface area contributed by atoms with Crippen LogP contribution in [0.25, 0.3) is 0 Å². The molecule has 2 aromatic carbocycles. The average Bonchev–Trinajstić information content (AvgIpc) is 2.61. The third-order valence-corrected chi connectivity index (χ3v) is 4.09. The minimum atomic E-state index is -0.436. The van der Waals surface area contributed by atoms with Gasteiger partial charge in [0.2, 0.25) is 0 Å². The summed E-state index contributed by atoms with van der Waals surface area (Å²) < 4.78 is 6.73. The van der Waals surface area contributed by atoms with E-state index in [-0.39, 0.29) is 12.4 Å². The predicted molar refractivity (Wildman–Crippen MR) is 96.5 cm³/mol. The number of carbonyl (C=O) groups excluding carboxylic acids is 1. The molecule has 24 heavy (non-hydrogen) atoms. The molecule has 0 aliphatic heterocycles. The molecule has 3 aromatic rings. The molecule has 0 radical (unpaired) electrons. The molecular formula is C20H16BrNO2. The highest BCUT2D eigenvalue weighted by molar-refractivity contribution is 9.10. The molecule has 0 aliphatic carbocycles. The quantitative estimate of drug-likeness (QED) is 0.600. The van der Waals surface area contributed by atoms with Crippen LogP contribution in [0.4, 0.5) is 0 Å². The van der Waals surface area contributed by atoms with Gasteiger partial charge in [-0.3, -0.25) is 9.78 Å². The Balaban J connectivity index is 1.80. The molecule has 120 valence electrons. The number of nitrogens with zero attached hydrogens (tertiary/aromatic N) is 1. The Hall–Kier alpha value is -2.46. The number of benzene rings is 2. The van der Waals surface area contributed by atoms with Crippen molar-refractivity contribution in [1.29, 1.82) is 0 Å². The van der Waals surface area contributed by atoms with Crippen LogP contribution in [-0.4, -0.2) is 11.0 Å². The summed E-state index contributed by atoms with van der Waals surface area (Å²) in [6.45, 7) is 0. The third kappa shape index (κ3) is 4.30. The maximum absolute atomic E-state index is 12.4. The summed E-state index contributed by atoms with van der Waals surface area (Å²) in [4.78, 5) is 16.5. The van der Waals surface area contributed by atoms with Crippen molar-refractivity contribution in [3.05, 3.63) is 100 Å². The molecule has 3 rings (SSSR count). The lowest BCUT2D eigenvalue weighted by Crippen LogP contribution is -2.14. The molecule has 1 atom stereocenters. The molecule has 0 aliphatic rings. The van der Waals surface area contributed by atoms with Crippen molar-refractivity contribution in [1.82, 2.24) is 4.98 Å². The van der Waals surface area contributed by atoms with Crippen LogP contribution < -0.4 is 0 Å². The summed E-state index contributed by atoms with van der Waals surface area (Å²) in [6, 6.07) is 21.1. The predicted octanol–water partition coefficient (Wildman–Crippen LogP) is 4.72. The summed E-state index contributed by atoms with van der Waals surface area (Å²) in [5.41, 5.74) is 2.75. The highest BCUT2D eigenvalue weighted by Crippen LogP contribution is 2.26. The second-order valence-electron chi connectivity index (χ2n) is 5.37. The zero-order valence-electron chi connectivity index (χ0n) is 12.9. The minimum absolute atomic E-state index is 0.230. The van der Waals surface area contributed by atoms with Crippen LogP contribution in [0, 0.1) is 0 Å². The van der Waals surface area contributed by atoms with Gasteiger partial charge in [0.05, 0.1) is 6.42 Å². The molecule has 0 fully saturated rings. The van der Waals surface area contributed by atoms with Crippen LogP contribution in [0.3, 0.4) is 0 Å². The summed E-state index contributed by atoms with van der Waals surface area (Å²) in [7, 11) is 0. The van der Waals surface area contributed by atoms with E-state index in [4.69, 9.17) is 4.74 Å². The van der Waals surface area contributed by atoms with E-state index in [0.717, 1.165) is 21.2 Å². The SMILES string of the molecule is O=C(Cc1cccc(Br)c1)OC(c1ccccc1)c1ccncc1. The minimum Gasteiger partial charge on any atom is -0.452 e. The van der Waals surface area contributed by atoms with Gasteiger partial charge in [-0.1, -0.05) is 58.4 Å². The summed E-state index contributed by atoms with van der Waals surface area (Å²) >= 11 is 3.42. The van der Waals surface area contributed by atoms with E-state index in [0.29, 0.717) is 0 Å². The van der Waals surface area contributed by atoms with Crippen molar-refractivity contribution in [2.24, 2.45) is 0 Å². The Morgan fingerprint density at radius 2 is 1.67 bits per heavy atom. The molecule has 0 spiro atoms. The normalized spacial score (nSPS) is 11.7. The second kappa shape index (κ2) is 7.88. The lowest BCUT2D eigenvalue weighted by Gasteiger charge is -2.19. The lowest BCUT2D eigenvalue weighted by atomic mass is 10.0. The molecule has 3 nitrogen and oxygen atoms in total. The Bertz CT molecular complexity index is 767. The monoisotopic (exact) mass is 381 g/mol. The van der Waals surface area contributed by atoms with E-state index in [9.17, 15) is 4.79 Å². The van der Waals surface area contributed by atoms with E-state index in [1.54, 1.807) is 12.4 Å². The first kappa shape index (κ1) is 16.4. The van der Waals surface area contributed by atoms with Crippen molar-refractivity contribution >= 4 is 21.9 Å². The highest BCUT2D eigenvalue weighted by atomic mass is 79.9. The van der Waals surface area contributed by atoms with Gasteiger partial charge in [0.25, 0.3) is 0 Å². The highest BCUT2D eigenvalue weighted by Gasteiger charge is 2.19. The van der Waals surface area contributed by atoms with E-state index < -0.39 is 6.10 Å². The van der Waals surface area contributed by atoms with Gasteiger partial charge in [-0.05, 0) is 35.4 Å². The van der Waals surface area contributed by atoms with Gasteiger partial charge in [-0.15, -0.1) is 0 Å². The first-order valence-corrected chi connectivity index (χ1v) is 8.40. The van der Waals surface area contributed by atoms with Gasteiger partial charge in [0, 0.05) is 22.4 Å². The number of hydrogen-bond donors (Lipinski definition) is 0. The van der Waals surface area contributed by atoms with E-state index in [1.807, 2.05) is 66.7 Å². The van der Waals surface area contributed by atoms with Gasteiger partial charge in [0.1, 0.15) is 0 Å². The first-order valence-electron chi connectivity index (χ1n) is 7.61. The molecule has 0 saturated carbocycles. The third-order valence-electron chi connectivity index (χ3n) is 3.60. The van der Waals surface area contributed by atoms with E-state index >= 15 is 0 Å². The van der Waals surface area contributed by atoms with Crippen molar-refractivity contribution in [3.63, 3.8) is 0 Å². The van der Waals surface area contributed by atoms with Gasteiger partial charge in [-0.2, -0.15) is 0 Å². The van der Waals surface area contributed by atoms with Crippen LogP contribution in [0.2, 0.25) is 0 Å². The fourth-order valence-corrected chi connectivity index (χ4v) is 2.93. The molecule has 1 aromatic heterocycles. The Kier molecular flexibility index (Phi) is 5.39. The number of pyridine rings is 1. The summed E-state index contributed by atoms with van der Waals surface area (Å²) in [6.07, 6.45) is 3.20. The van der Waals surface area contributed by atoms with Crippen LogP contribution >= 0.6 is 15.9 Å². The van der Waals surface area contributed by atoms with Crippen LogP contribution in [0.5, 0.6) is 0 Å². The molecular weight excluding hydrogens is 366 g/mol. The summed E-state index contributed by atoms with van der Waals surface area (Å²) in [5, 5.41) is 0. The Morgan fingerprint density at radius 1 is 0.958 bits per heavy atom. The standard InChI is InChI=1S/C20H16BrNO2/c21-18-8-4-5-15(13-18)14-19(23)24-20(16-6-2-1-3-7-16)17-9-11-22-12-10-17/h1-13,20H,14H2. The second-order valence-corrected chi connectivity index (χ2v) is 6.28. The molecule has 0 bridgehead atoms. The van der Waals surface area contributed by atoms with Crippen LogP contribution in [-0.2, 0) is 16.0 Å². The molecule has 1 unspecified atom stereocenters. The Morgan fingerprint density at radius 3 is 2.38 bits per heavy atom. The van der Waals surface area contributed by atoms with Crippen molar-refractivity contribution in [2.45, 2.75) is 12.5 Å². The lowest BCUT2D eigenvalue weighted by molar-refractivity contribution is -0.146. The number of halogens is 1. The molecule has 4 heteroatoms. The number of carbonyl (C=O) groups is 1. The van der Waals surface area contributed by atoms with Crippen molar-refractivity contribution in [2.75, 3.05) is 0 Å². The average molecular weight is 382 g/mol. The zero-order chi connectivity index (χ0) is 16.8. The van der Waals surface area contributed by atoms with Crippen LogP contribution in [0.15, 0.2) is 83.6 Å². The number of ether oxygens (including phenoxy) is 1. The molecule has 0 N–H and O–H groups in total. The fraction of sp³-hybridized carbons (Fsp3) is 0.100. The van der Waals surface area contributed by atoms with E-state index in [2.05, 4.69) is 20.9 Å². The van der Waals surface area contributed by atoms with Gasteiger partial charge in [0.15, 0.2) is 6.10 Å². The zero-order valence-corrected chi connectivity index (χ0v) is 14.5. The van der Waals surface area contributed by atoms with Crippen LogP contribution in [0.1, 0.15) is 22.8 Å². The number of esters is 1. The van der Waals surface area contributed by atoms with Gasteiger partial charge < -0.3 is 4.74 Å². The largest absolute Gasteiger partial charge is 0.452 e. The van der Waals surface area contributed by atoms with Crippen molar-refractivity contribution in [3.8, 4) is 0 Å². The van der Waals surface area contributed by atoms with E-state index in [1.165, 1.54) is 0 Å². The number of rotatable bonds is 5. The molecule has 0 saturated heterocycles. The number of hydrogen-bond acceptors (Lipinski definition) is 3. The number of aromatic nitrogens is 1. The van der Waals surface area contributed by atoms with Gasteiger partial charge in [-0.25, -0.2) is 0 Å². The Labute approximate surface area is 149 Å². The maximum Gasteiger partial charge on any atom is 0.311 e. The van der Waals surface area contributed by atoms with Crippen molar-refractivity contribution < 1.29 is 9.53 Å². The summed E-state index contributed by atoms with van der Waals surface area (Å²) in [5.74, 6) is -0.265. The molecule has 1 heterocycles. The first-order chi connectivity index (χ1) is 11.7. The maximum atomic E-state index is 12.4. The van der Waals surface area contributed by atoms with Gasteiger partial charge >= 0.3 is 5.97 Å².